The van der Waals surface area contributed by atoms with Crippen LogP contribution in [0.15, 0.2) is 47.7 Å². The fraction of sp³-hybridized carbons (Fsp3) is 0.150. The third kappa shape index (κ3) is 3.08. The molecule has 27 heavy (non-hydrogen) atoms. The van der Waals surface area contributed by atoms with Crippen molar-refractivity contribution in [2.45, 2.75) is 13.8 Å². The van der Waals surface area contributed by atoms with Crippen LogP contribution in [0.4, 0.5) is 0 Å². The largest absolute Gasteiger partial charge is 0.295 e. The van der Waals surface area contributed by atoms with Crippen LogP contribution in [0.5, 0.6) is 0 Å². The van der Waals surface area contributed by atoms with Crippen LogP contribution in [0.2, 0.25) is 5.02 Å². The second kappa shape index (κ2) is 6.55. The predicted octanol–water partition coefficient (Wildman–Crippen LogP) is 3.72. The smallest absolute Gasteiger partial charge is 0.259 e. The molecule has 3 heterocycles. The van der Waals surface area contributed by atoms with E-state index < -0.39 is 0 Å². The molecule has 0 aliphatic heterocycles. The maximum atomic E-state index is 12.9. The standard InChI is InChI=1S/C20H16ClN5O/c1-11-8-22-10-18(24-11)13-4-5-15(17(21)7-13)16-6-14-9-23-12(2)25-19(14)26(3)20(16)27/h4-10H,1-3H3. The van der Waals surface area contributed by atoms with E-state index >= 15 is 0 Å². The number of aryl methyl sites for hydroxylation is 3. The average molecular weight is 378 g/mol. The number of nitrogens with zero attached hydrogens (tertiary/aromatic N) is 5. The highest BCUT2D eigenvalue weighted by molar-refractivity contribution is 6.33. The highest BCUT2D eigenvalue weighted by Crippen LogP contribution is 2.31. The van der Waals surface area contributed by atoms with Crippen molar-refractivity contribution < 1.29 is 0 Å². The lowest BCUT2D eigenvalue weighted by molar-refractivity contribution is 0.878. The Hall–Kier alpha value is -3.12. The van der Waals surface area contributed by atoms with Crippen LogP contribution in [-0.4, -0.2) is 24.5 Å². The van der Waals surface area contributed by atoms with Crippen LogP contribution in [0.3, 0.4) is 0 Å². The molecule has 0 aliphatic rings. The highest BCUT2D eigenvalue weighted by Gasteiger charge is 2.14. The van der Waals surface area contributed by atoms with Gasteiger partial charge in [0.1, 0.15) is 11.5 Å². The van der Waals surface area contributed by atoms with E-state index in [1.807, 2.05) is 19.1 Å². The van der Waals surface area contributed by atoms with Gasteiger partial charge in [-0.1, -0.05) is 23.7 Å². The summed E-state index contributed by atoms with van der Waals surface area (Å²) in [5.74, 6) is 0.617. The Morgan fingerprint density at radius 1 is 1.00 bits per heavy atom. The molecule has 1 aromatic carbocycles. The molecule has 134 valence electrons. The molecular weight excluding hydrogens is 362 g/mol. The van der Waals surface area contributed by atoms with Crippen LogP contribution in [0, 0.1) is 13.8 Å². The molecule has 0 N–H and O–H groups in total. The predicted molar refractivity (Wildman–Crippen MR) is 106 cm³/mol. The Bertz CT molecular complexity index is 1250. The van der Waals surface area contributed by atoms with Gasteiger partial charge < -0.3 is 0 Å². The molecule has 0 spiro atoms. The molecular formula is C20H16ClN5O. The van der Waals surface area contributed by atoms with E-state index in [-0.39, 0.29) is 5.56 Å². The summed E-state index contributed by atoms with van der Waals surface area (Å²) in [4.78, 5) is 30.1. The first-order valence-corrected chi connectivity index (χ1v) is 8.74. The minimum absolute atomic E-state index is 0.161. The summed E-state index contributed by atoms with van der Waals surface area (Å²) < 4.78 is 1.52. The van der Waals surface area contributed by atoms with Gasteiger partial charge in [-0.25, -0.2) is 15.0 Å². The average Bonchev–Trinajstić information content (AvgIpc) is 2.65. The zero-order chi connectivity index (χ0) is 19.1. The Labute approximate surface area is 160 Å². The van der Waals surface area contributed by atoms with Crippen LogP contribution < -0.4 is 5.56 Å². The van der Waals surface area contributed by atoms with Gasteiger partial charge in [-0.2, -0.15) is 0 Å². The number of hydrogen-bond donors (Lipinski definition) is 0. The van der Waals surface area contributed by atoms with Crippen LogP contribution in [-0.2, 0) is 7.05 Å². The van der Waals surface area contributed by atoms with Crippen molar-refractivity contribution >= 4 is 22.6 Å². The summed E-state index contributed by atoms with van der Waals surface area (Å²) in [6.07, 6.45) is 5.10. The minimum Gasteiger partial charge on any atom is -0.295 e. The van der Waals surface area contributed by atoms with Crippen LogP contribution >= 0.6 is 11.6 Å². The van der Waals surface area contributed by atoms with Crippen molar-refractivity contribution in [3.05, 3.63) is 69.8 Å². The van der Waals surface area contributed by atoms with Gasteiger partial charge in [-0.05, 0) is 26.0 Å². The second-order valence-corrected chi connectivity index (χ2v) is 6.77. The van der Waals surface area contributed by atoms with Gasteiger partial charge in [0.05, 0.1) is 17.6 Å². The molecule has 0 aliphatic carbocycles. The van der Waals surface area contributed by atoms with Crippen molar-refractivity contribution in [1.82, 2.24) is 24.5 Å². The number of pyridine rings is 1. The van der Waals surface area contributed by atoms with Crippen molar-refractivity contribution in [3.63, 3.8) is 0 Å². The summed E-state index contributed by atoms with van der Waals surface area (Å²) in [6.45, 7) is 3.68. The fourth-order valence-electron chi connectivity index (χ4n) is 3.02. The molecule has 4 rings (SSSR count). The summed E-state index contributed by atoms with van der Waals surface area (Å²) >= 11 is 6.53. The van der Waals surface area contributed by atoms with Gasteiger partial charge in [0.2, 0.25) is 0 Å². The number of aromatic nitrogens is 5. The molecule has 0 amide bonds. The first-order valence-electron chi connectivity index (χ1n) is 8.36. The molecule has 3 aromatic heterocycles. The van der Waals surface area contributed by atoms with Crippen molar-refractivity contribution in [2.75, 3.05) is 0 Å². The van der Waals surface area contributed by atoms with Gasteiger partial charge >= 0.3 is 0 Å². The van der Waals surface area contributed by atoms with E-state index in [0.717, 1.165) is 22.3 Å². The minimum atomic E-state index is -0.161. The quantitative estimate of drug-likeness (QED) is 0.532. The first kappa shape index (κ1) is 17.3. The van der Waals surface area contributed by atoms with E-state index in [0.29, 0.717) is 27.6 Å². The molecule has 4 aromatic rings. The normalized spacial score (nSPS) is 11.1. The third-order valence-corrected chi connectivity index (χ3v) is 4.69. The number of fused-ring (bicyclic) bond motifs is 1. The Morgan fingerprint density at radius 2 is 1.81 bits per heavy atom. The molecule has 0 unspecified atom stereocenters. The zero-order valence-corrected chi connectivity index (χ0v) is 15.8. The molecule has 0 radical (unpaired) electrons. The maximum Gasteiger partial charge on any atom is 0.259 e. The fourth-order valence-corrected chi connectivity index (χ4v) is 3.30. The van der Waals surface area contributed by atoms with Gasteiger partial charge in [0.25, 0.3) is 5.56 Å². The lowest BCUT2D eigenvalue weighted by atomic mass is 10.0. The van der Waals surface area contributed by atoms with E-state index in [1.54, 1.807) is 44.7 Å². The van der Waals surface area contributed by atoms with Crippen LogP contribution in [0.25, 0.3) is 33.4 Å². The topological polar surface area (TPSA) is 73.6 Å². The Balaban J connectivity index is 1.88. The van der Waals surface area contributed by atoms with Gasteiger partial charge in [-0.3, -0.25) is 14.3 Å². The van der Waals surface area contributed by atoms with Crippen molar-refractivity contribution in [3.8, 4) is 22.4 Å². The summed E-state index contributed by atoms with van der Waals surface area (Å²) in [7, 11) is 1.70. The van der Waals surface area contributed by atoms with Crippen molar-refractivity contribution in [1.29, 1.82) is 0 Å². The van der Waals surface area contributed by atoms with Crippen LogP contribution in [0.1, 0.15) is 11.5 Å². The van der Waals surface area contributed by atoms with Gasteiger partial charge in [-0.15, -0.1) is 0 Å². The Morgan fingerprint density at radius 3 is 2.56 bits per heavy atom. The van der Waals surface area contributed by atoms with E-state index in [1.165, 1.54) is 4.57 Å². The maximum absolute atomic E-state index is 12.9. The highest BCUT2D eigenvalue weighted by atomic mass is 35.5. The molecule has 0 atom stereocenters. The lowest BCUT2D eigenvalue weighted by Crippen LogP contribution is -2.20. The van der Waals surface area contributed by atoms with Crippen molar-refractivity contribution in [2.24, 2.45) is 7.05 Å². The summed E-state index contributed by atoms with van der Waals surface area (Å²) in [5.41, 5.74) is 4.00. The van der Waals surface area contributed by atoms with E-state index in [9.17, 15) is 4.79 Å². The number of rotatable bonds is 2. The monoisotopic (exact) mass is 377 g/mol. The third-order valence-electron chi connectivity index (χ3n) is 4.38. The molecule has 6 nitrogen and oxygen atoms in total. The zero-order valence-electron chi connectivity index (χ0n) is 15.1. The summed E-state index contributed by atoms with van der Waals surface area (Å²) in [5, 5.41) is 1.25. The van der Waals surface area contributed by atoms with Gasteiger partial charge in [0.15, 0.2) is 0 Å². The molecule has 0 fully saturated rings. The summed E-state index contributed by atoms with van der Waals surface area (Å²) in [6, 6.07) is 7.30. The van der Waals surface area contributed by atoms with Gasteiger partial charge in [0, 0.05) is 46.5 Å². The van der Waals surface area contributed by atoms with E-state index in [2.05, 4.69) is 19.9 Å². The number of hydrogen-bond acceptors (Lipinski definition) is 5. The molecule has 0 saturated heterocycles. The van der Waals surface area contributed by atoms with E-state index in [4.69, 9.17) is 11.6 Å². The first-order chi connectivity index (χ1) is 12.9. The number of halogens is 1. The number of benzene rings is 1. The molecule has 7 heteroatoms. The SMILES string of the molecule is Cc1cncc(-c2ccc(-c3cc4cnc(C)nc4n(C)c3=O)c(Cl)c2)n1. The molecule has 0 bridgehead atoms. The molecule has 0 saturated carbocycles. The second-order valence-electron chi connectivity index (χ2n) is 6.36. The Kier molecular flexibility index (Phi) is 4.20. The lowest BCUT2D eigenvalue weighted by Gasteiger charge is -2.11.